The molecular weight excluding hydrogens is 242 g/mol. The van der Waals surface area contributed by atoms with Crippen LogP contribution in [0.3, 0.4) is 0 Å². The van der Waals surface area contributed by atoms with Crippen LogP contribution in [0.25, 0.3) is 0 Å². The molecule has 0 saturated carbocycles. The Balaban J connectivity index is 2.55. The second-order valence-electron chi connectivity index (χ2n) is 3.87. The van der Waals surface area contributed by atoms with Gasteiger partial charge in [0.2, 0.25) is 0 Å². The van der Waals surface area contributed by atoms with Crippen molar-refractivity contribution in [2.24, 2.45) is 0 Å². The highest BCUT2D eigenvalue weighted by Gasteiger charge is 2.20. The molecule has 1 aromatic rings. The van der Waals surface area contributed by atoms with Crippen molar-refractivity contribution in [2.45, 2.75) is 23.8 Å². The molecule has 5 heteroatoms. The number of halogens is 2. The van der Waals surface area contributed by atoms with Crippen LogP contribution in [0.15, 0.2) is 23.1 Å². The summed E-state index contributed by atoms with van der Waals surface area (Å²) in [6.45, 7) is 1.79. The van der Waals surface area contributed by atoms with Gasteiger partial charge in [0.1, 0.15) is 17.2 Å². The molecule has 1 N–H and O–H groups in total. The van der Waals surface area contributed by atoms with Gasteiger partial charge in [0, 0.05) is 16.7 Å². The Labute approximate surface area is 104 Å². The molecule has 0 aliphatic carbocycles. The van der Waals surface area contributed by atoms with Gasteiger partial charge in [-0.25, -0.2) is 8.78 Å². The highest BCUT2D eigenvalue weighted by atomic mass is 32.2. The van der Waals surface area contributed by atoms with Crippen molar-refractivity contribution in [3.63, 3.8) is 0 Å². The quantitative estimate of drug-likeness (QED) is 0.823. The van der Waals surface area contributed by atoms with Crippen LogP contribution in [0.4, 0.5) is 8.78 Å². The van der Waals surface area contributed by atoms with Crippen molar-refractivity contribution >= 4 is 11.8 Å². The maximum Gasteiger partial charge on any atom is 0.139 e. The molecule has 92 valence electrons. The Hall–Kier alpha value is -1.12. The Kier molecular flexibility index (Phi) is 4.91. The largest absolute Gasteiger partial charge is 0.303 e. The maximum absolute atomic E-state index is 13.3. The molecule has 1 atom stereocenters. The number of hydrogen-bond acceptors (Lipinski definition) is 3. The first-order valence-corrected chi connectivity index (χ1v) is 6.17. The lowest BCUT2D eigenvalue weighted by molar-refractivity contribution is 0.479. The molecule has 0 heterocycles. The van der Waals surface area contributed by atoms with Gasteiger partial charge in [-0.1, -0.05) is 0 Å². The van der Waals surface area contributed by atoms with Gasteiger partial charge < -0.3 is 5.32 Å². The predicted molar refractivity (Wildman–Crippen MR) is 64.8 cm³/mol. The monoisotopic (exact) mass is 256 g/mol. The number of benzene rings is 1. The van der Waals surface area contributed by atoms with Crippen molar-refractivity contribution in [3.05, 3.63) is 29.8 Å². The summed E-state index contributed by atoms with van der Waals surface area (Å²) >= 11 is 1.28. The van der Waals surface area contributed by atoms with E-state index in [-0.39, 0.29) is 0 Å². The second kappa shape index (κ2) is 5.99. The Morgan fingerprint density at radius 3 is 2.71 bits per heavy atom. The van der Waals surface area contributed by atoms with E-state index in [2.05, 4.69) is 11.4 Å². The first-order chi connectivity index (χ1) is 8.00. The summed E-state index contributed by atoms with van der Waals surface area (Å²) in [4.78, 5) is 0.405. The molecule has 0 aliphatic rings. The van der Waals surface area contributed by atoms with E-state index in [1.165, 1.54) is 23.9 Å². The van der Waals surface area contributed by atoms with Crippen molar-refractivity contribution in [1.29, 1.82) is 5.26 Å². The summed E-state index contributed by atoms with van der Waals surface area (Å²) in [6.07, 6.45) is 0.585. The van der Waals surface area contributed by atoms with E-state index in [4.69, 9.17) is 5.26 Å². The smallest absolute Gasteiger partial charge is 0.139 e. The third-order valence-electron chi connectivity index (χ3n) is 2.55. The summed E-state index contributed by atoms with van der Waals surface area (Å²) in [5.41, 5.74) is -0.608. The Morgan fingerprint density at radius 2 is 2.18 bits per heavy atom. The minimum Gasteiger partial charge on any atom is -0.303 e. The van der Waals surface area contributed by atoms with Crippen molar-refractivity contribution in [1.82, 2.24) is 5.32 Å². The van der Waals surface area contributed by atoms with Crippen LogP contribution >= 0.6 is 11.8 Å². The number of nitriles is 1. The second-order valence-corrected chi connectivity index (χ2v) is 5.00. The minimum absolute atomic E-state index is 0.405. The standard InChI is InChI=1S/C12H14F2N2S/c1-12(8-15,16-2)5-6-17-11-4-3-9(13)7-10(11)14/h3-4,7,16H,5-6H2,1-2H3. The zero-order valence-electron chi connectivity index (χ0n) is 9.76. The van der Waals surface area contributed by atoms with E-state index in [1.807, 2.05) is 0 Å². The van der Waals surface area contributed by atoms with E-state index in [9.17, 15) is 8.78 Å². The summed E-state index contributed by atoms with van der Waals surface area (Å²) in [5, 5.41) is 11.8. The SMILES string of the molecule is CNC(C)(C#N)CCSc1ccc(F)cc1F. The molecular formula is C12H14F2N2S. The van der Waals surface area contributed by atoms with E-state index in [0.717, 1.165) is 6.07 Å². The fourth-order valence-corrected chi connectivity index (χ4v) is 2.29. The van der Waals surface area contributed by atoms with Gasteiger partial charge in [-0.3, -0.25) is 0 Å². The molecule has 1 aromatic carbocycles. The number of rotatable bonds is 5. The fourth-order valence-electron chi connectivity index (χ4n) is 1.19. The van der Waals surface area contributed by atoms with E-state index in [1.54, 1.807) is 14.0 Å². The zero-order valence-corrected chi connectivity index (χ0v) is 10.6. The summed E-state index contributed by atoms with van der Waals surface area (Å²) in [5.74, 6) is -0.546. The molecule has 0 aliphatic heterocycles. The molecule has 17 heavy (non-hydrogen) atoms. The molecule has 1 unspecified atom stereocenters. The average Bonchev–Trinajstić information content (AvgIpc) is 2.32. The van der Waals surface area contributed by atoms with Crippen LogP contribution in [0, 0.1) is 23.0 Å². The zero-order chi connectivity index (χ0) is 12.9. The third kappa shape index (κ3) is 3.99. The first kappa shape index (κ1) is 13.9. The van der Waals surface area contributed by atoms with Gasteiger partial charge in [0.25, 0.3) is 0 Å². The molecule has 0 spiro atoms. The molecule has 0 saturated heterocycles. The van der Waals surface area contributed by atoms with Crippen LogP contribution in [0.1, 0.15) is 13.3 Å². The Bertz CT molecular complexity index is 431. The van der Waals surface area contributed by atoms with Gasteiger partial charge in [0.05, 0.1) is 6.07 Å². The van der Waals surface area contributed by atoms with Crippen LogP contribution in [-0.4, -0.2) is 18.3 Å². The number of hydrogen-bond donors (Lipinski definition) is 1. The number of nitrogens with zero attached hydrogens (tertiary/aromatic N) is 1. The van der Waals surface area contributed by atoms with Crippen molar-refractivity contribution in [2.75, 3.05) is 12.8 Å². The lowest BCUT2D eigenvalue weighted by Crippen LogP contribution is -2.38. The minimum atomic E-state index is -0.608. The van der Waals surface area contributed by atoms with Crippen LogP contribution in [0.5, 0.6) is 0 Å². The van der Waals surface area contributed by atoms with Crippen molar-refractivity contribution in [3.8, 4) is 6.07 Å². The van der Waals surface area contributed by atoms with Crippen LogP contribution in [0.2, 0.25) is 0 Å². The van der Waals surface area contributed by atoms with Crippen LogP contribution < -0.4 is 5.32 Å². The predicted octanol–water partition coefficient (Wildman–Crippen LogP) is 2.95. The summed E-state index contributed by atoms with van der Waals surface area (Å²) in [6, 6.07) is 5.67. The molecule has 2 nitrogen and oxygen atoms in total. The normalized spacial score (nSPS) is 14.1. The van der Waals surface area contributed by atoms with Crippen molar-refractivity contribution < 1.29 is 8.78 Å². The van der Waals surface area contributed by atoms with Crippen LogP contribution in [-0.2, 0) is 0 Å². The highest BCUT2D eigenvalue weighted by molar-refractivity contribution is 7.99. The van der Waals surface area contributed by atoms with Gasteiger partial charge in [0.15, 0.2) is 0 Å². The summed E-state index contributed by atoms with van der Waals surface area (Å²) in [7, 11) is 1.71. The number of thioether (sulfide) groups is 1. The van der Waals surface area contributed by atoms with E-state index in [0.29, 0.717) is 17.1 Å². The molecule has 0 fully saturated rings. The molecule has 0 bridgehead atoms. The summed E-state index contributed by atoms with van der Waals surface area (Å²) < 4.78 is 26.0. The average molecular weight is 256 g/mol. The maximum atomic E-state index is 13.3. The molecule has 0 radical (unpaired) electrons. The van der Waals surface area contributed by atoms with E-state index >= 15 is 0 Å². The highest BCUT2D eigenvalue weighted by Crippen LogP contribution is 2.24. The topological polar surface area (TPSA) is 35.8 Å². The van der Waals surface area contributed by atoms with Gasteiger partial charge >= 0.3 is 0 Å². The lowest BCUT2D eigenvalue weighted by atomic mass is 10.0. The fraction of sp³-hybridized carbons (Fsp3) is 0.417. The molecule has 0 amide bonds. The number of nitrogens with one attached hydrogen (secondary N) is 1. The Morgan fingerprint density at radius 1 is 1.47 bits per heavy atom. The first-order valence-electron chi connectivity index (χ1n) is 5.19. The van der Waals surface area contributed by atoms with E-state index < -0.39 is 17.2 Å². The van der Waals surface area contributed by atoms with Gasteiger partial charge in [-0.2, -0.15) is 5.26 Å². The lowest BCUT2D eigenvalue weighted by Gasteiger charge is -2.20. The van der Waals surface area contributed by atoms with Gasteiger partial charge in [-0.05, 0) is 32.5 Å². The van der Waals surface area contributed by atoms with Gasteiger partial charge in [-0.15, -0.1) is 11.8 Å². The molecule has 0 aromatic heterocycles. The third-order valence-corrected chi connectivity index (χ3v) is 3.60. The molecule has 1 rings (SSSR count).